The zero-order valence-corrected chi connectivity index (χ0v) is 9.84. The normalized spacial score (nSPS) is 9.61. The van der Waals surface area contributed by atoms with Crippen molar-refractivity contribution >= 4 is 47.8 Å². The van der Waals surface area contributed by atoms with E-state index in [-0.39, 0.29) is 42.6 Å². The quantitative estimate of drug-likeness (QED) is 0.764. The molecule has 18 heavy (non-hydrogen) atoms. The van der Waals surface area contributed by atoms with Crippen molar-refractivity contribution in [3.63, 3.8) is 0 Å². The molecule has 0 heterocycles. The number of sulfonamides is 1. The van der Waals surface area contributed by atoms with Crippen molar-refractivity contribution in [3.05, 3.63) is 60.7 Å². The van der Waals surface area contributed by atoms with Crippen LogP contribution in [0, 0.1) is 0 Å². The molecule has 94 valence electrons. The molecule has 0 amide bonds. The van der Waals surface area contributed by atoms with E-state index in [0.29, 0.717) is 5.75 Å². The molecule has 3 N–H and O–H groups in total. The second-order valence-corrected chi connectivity index (χ2v) is 4.76. The van der Waals surface area contributed by atoms with Crippen molar-refractivity contribution in [1.82, 2.24) is 0 Å². The summed E-state index contributed by atoms with van der Waals surface area (Å²) in [6.07, 6.45) is 0. The van der Waals surface area contributed by atoms with Crippen molar-refractivity contribution in [2.75, 3.05) is 0 Å². The second-order valence-electron chi connectivity index (χ2n) is 3.19. The minimum atomic E-state index is -3.50. The summed E-state index contributed by atoms with van der Waals surface area (Å²) >= 11 is 0. The minimum absolute atomic E-state index is 0. The van der Waals surface area contributed by atoms with Crippen LogP contribution in [0.4, 0.5) is 0 Å². The van der Waals surface area contributed by atoms with E-state index in [9.17, 15) is 8.42 Å². The van der Waals surface area contributed by atoms with E-state index in [2.05, 4.69) is 0 Å². The van der Waals surface area contributed by atoms with Gasteiger partial charge in [0.25, 0.3) is 0 Å². The van der Waals surface area contributed by atoms with Crippen LogP contribution >= 0.6 is 0 Å². The van der Waals surface area contributed by atoms with Gasteiger partial charge in [-0.2, -0.15) is 0 Å². The van der Waals surface area contributed by atoms with Gasteiger partial charge < -0.3 is 5.11 Å². The van der Waals surface area contributed by atoms with Crippen molar-refractivity contribution in [2.24, 2.45) is 5.14 Å². The van der Waals surface area contributed by atoms with Gasteiger partial charge in [-0.1, -0.05) is 36.4 Å². The summed E-state index contributed by atoms with van der Waals surface area (Å²) in [6.45, 7) is 0. The van der Waals surface area contributed by atoms with Crippen molar-refractivity contribution in [3.8, 4) is 5.75 Å². The molecule has 2 rings (SSSR count). The van der Waals surface area contributed by atoms with Crippen LogP contribution in [0.5, 0.6) is 5.75 Å². The number of primary sulfonamides is 1. The van der Waals surface area contributed by atoms with Gasteiger partial charge in [-0.3, -0.25) is 0 Å². The predicted molar refractivity (Wildman–Crippen MR) is 74.5 cm³/mol. The van der Waals surface area contributed by atoms with Gasteiger partial charge in [-0.15, -0.1) is 0 Å². The molecule has 0 aliphatic heterocycles. The summed E-state index contributed by atoms with van der Waals surface area (Å²) in [5, 5.41) is 13.5. The van der Waals surface area contributed by atoms with Crippen molar-refractivity contribution in [2.45, 2.75) is 4.90 Å². The molecule has 0 unspecified atom stereocenters. The third-order valence-corrected chi connectivity index (χ3v) is 2.76. The molecule has 0 spiro atoms. The maximum atomic E-state index is 10.6. The van der Waals surface area contributed by atoms with Gasteiger partial charge in [-0.25, -0.2) is 13.6 Å². The zero-order chi connectivity index (χ0) is 12.7. The van der Waals surface area contributed by atoms with Gasteiger partial charge >= 0.3 is 37.7 Å². The van der Waals surface area contributed by atoms with E-state index in [0.717, 1.165) is 0 Å². The molecule has 0 aromatic heterocycles. The molecule has 6 heteroatoms. The van der Waals surface area contributed by atoms with Crippen LogP contribution in [0.25, 0.3) is 0 Å². The molecular formula is C12H15CaNO3S. The molecule has 0 atom stereocenters. The molecule has 0 aliphatic carbocycles. The van der Waals surface area contributed by atoms with E-state index >= 15 is 0 Å². The van der Waals surface area contributed by atoms with Crippen LogP contribution in [0.3, 0.4) is 0 Å². The fourth-order valence-corrected chi connectivity index (χ4v) is 1.57. The number of aromatic hydroxyl groups is 1. The number of rotatable bonds is 1. The fourth-order valence-electron chi connectivity index (χ4n) is 1.04. The van der Waals surface area contributed by atoms with Crippen LogP contribution in [0.1, 0.15) is 0 Å². The number of benzene rings is 2. The molecule has 4 nitrogen and oxygen atoms in total. The number of nitrogens with two attached hydrogens (primary N) is 1. The summed E-state index contributed by atoms with van der Waals surface area (Å²) in [6, 6.07) is 16.6. The molecule has 2 aromatic rings. The van der Waals surface area contributed by atoms with E-state index in [1.165, 1.54) is 12.1 Å². The topological polar surface area (TPSA) is 80.4 Å². The van der Waals surface area contributed by atoms with Gasteiger partial charge in [0.1, 0.15) is 5.75 Å². The number of para-hydroxylation sites is 1. The monoisotopic (exact) mass is 293 g/mol. The Morgan fingerprint density at radius 2 is 1.22 bits per heavy atom. The molecule has 2 aromatic carbocycles. The van der Waals surface area contributed by atoms with Gasteiger partial charge in [0.2, 0.25) is 10.0 Å². The standard InChI is InChI=1S/C6H7NO2S.C6H6O.Ca.2H/c7-10(8,9)6-4-2-1-3-5-6;7-6-4-2-1-3-5-6;;;/h1-5H,(H2,7,8,9);1-5,7H;;;. The van der Waals surface area contributed by atoms with Crippen molar-refractivity contribution < 1.29 is 13.5 Å². The molecule has 0 bridgehead atoms. The average molecular weight is 293 g/mol. The summed E-state index contributed by atoms with van der Waals surface area (Å²) in [4.78, 5) is 0.148. The van der Waals surface area contributed by atoms with Gasteiger partial charge in [0.05, 0.1) is 4.90 Å². The van der Waals surface area contributed by atoms with Gasteiger partial charge in [-0.05, 0) is 24.3 Å². The van der Waals surface area contributed by atoms with Crippen LogP contribution < -0.4 is 5.14 Å². The molecule has 0 saturated heterocycles. The Bertz CT molecular complexity index is 544. The predicted octanol–water partition coefficient (Wildman–Crippen LogP) is 0.810. The molecule has 0 radical (unpaired) electrons. The Labute approximate surface area is 137 Å². The first-order valence-electron chi connectivity index (χ1n) is 4.82. The summed E-state index contributed by atoms with van der Waals surface area (Å²) < 4.78 is 21.2. The van der Waals surface area contributed by atoms with Crippen LogP contribution in [-0.4, -0.2) is 51.3 Å². The van der Waals surface area contributed by atoms with E-state index in [4.69, 9.17) is 10.2 Å². The summed E-state index contributed by atoms with van der Waals surface area (Å²) in [5.41, 5.74) is 0. The Morgan fingerprint density at radius 1 is 0.833 bits per heavy atom. The number of hydrogen-bond donors (Lipinski definition) is 2. The maximum absolute atomic E-state index is 10.6. The van der Waals surface area contributed by atoms with E-state index in [1.807, 2.05) is 6.07 Å². The molecule has 0 saturated carbocycles. The van der Waals surface area contributed by atoms with E-state index in [1.54, 1.807) is 42.5 Å². The SMILES string of the molecule is NS(=O)(=O)c1ccccc1.Oc1ccccc1.[CaH2]. The van der Waals surface area contributed by atoms with E-state index < -0.39 is 10.0 Å². The molecular weight excluding hydrogens is 278 g/mol. The first-order chi connectivity index (χ1) is 8.00. The van der Waals surface area contributed by atoms with Gasteiger partial charge in [0.15, 0.2) is 0 Å². The first-order valence-corrected chi connectivity index (χ1v) is 6.36. The average Bonchev–Trinajstić information content (AvgIpc) is 2.31. The Hall–Kier alpha value is -0.590. The Kier molecular flexibility index (Phi) is 8.22. The third-order valence-electron chi connectivity index (χ3n) is 1.83. The Balaban J connectivity index is 0.000000321. The number of hydrogen-bond acceptors (Lipinski definition) is 3. The van der Waals surface area contributed by atoms with Crippen LogP contribution in [0.15, 0.2) is 65.6 Å². The summed E-state index contributed by atoms with van der Waals surface area (Å²) in [7, 11) is -3.50. The fraction of sp³-hybridized carbons (Fsp3) is 0. The van der Waals surface area contributed by atoms with Crippen LogP contribution in [0.2, 0.25) is 0 Å². The van der Waals surface area contributed by atoms with Gasteiger partial charge in [0, 0.05) is 0 Å². The van der Waals surface area contributed by atoms with Crippen molar-refractivity contribution in [1.29, 1.82) is 0 Å². The molecule has 0 aliphatic rings. The first kappa shape index (κ1) is 17.4. The Morgan fingerprint density at radius 3 is 1.44 bits per heavy atom. The summed E-state index contributed by atoms with van der Waals surface area (Å²) in [5.74, 6) is 0.322. The zero-order valence-electron chi connectivity index (χ0n) is 9.02. The third kappa shape index (κ3) is 6.98. The van der Waals surface area contributed by atoms with Crippen LogP contribution in [-0.2, 0) is 10.0 Å². The number of phenolic OH excluding ortho intramolecular Hbond substituents is 1. The number of phenols is 1. The second kappa shape index (κ2) is 8.50. The molecule has 0 fully saturated rings.